The third-order valence-corrected chi connectivity index (χ3v) is 4.69. The zero-order chi connectivity index (χ0) is 12.7. The van der Waals surface area contributed by atoms with Gasteiger partial charge in [-0.25, -0.2) is 0 Å². The highest BCUT2D eigenvalue weighted by atomic mass is 32.2. The highest BCUT2D eigenvalue weighted by Crippen LogP contribution is 2.32. The molecular weight excluding hydrogens is 236 g/mol. The Hall–Kier alpha value is -0.260. The Balaban J connectivity index is 2.29. The average molecular weight is 260 g/mol. The first-order valence-electron chi connectivity index (χ1n) is 6.23. The molecule has 0 aromatic rings. The molecule has 1 aliphatic rings. The van der Waals surface area contributed by atoms with Gasteiger partial charge in [0.15, 0.2) is 0 Å². The smallest absolute Gasteiger partial charge is 0.220 e. The van der Waals surface area contributed by atoms with Crippen molar-refractivity contribution in [1.82, 2.24) is 5.32 Å². The minimum Gasteiger partial charge on any atom is -0.381 e. The van der Waals surface area contributed by atoms with E-state index in [4.69, 9.17) is 10.5 Å². The van der Waals surface area contributed by atoms with E-state index >= 15 is 0 Å². The Kier molecular flexibility index (Phi) is 6.30. The molecule has 1 unspecified atom stereocenters. The van der Waals surface area contributed by atoms with Crippen LogP contribution >= 0.6 is 11.8 Å². The Morgan fingerprint density at radius 3 is 2.71 bits per heavy atom. The van der Waals surface area contributed by atoms with E-state index in [9.17, 15) is 4.79 Å². The summed E-state index contributed by atoms with van der Waals surface area (Å²) in [5.41, 5.74) is 5.63. The van der Waals surface area contributed by atoms with Crippen LogP contribution in [-0.2, 0) is 9.53 Å². The molecule has 3 N–H and O–H groups in total. The summed E-state index contributed by atoms with van der Waals surface area (Å²) in [5, 5.41) is 3.03. The fourth-order valence-electron chi connectivity index (χ4n) is 1.90. The van der Waals surface area contributed by atoms with Crippen molar-refractivity contribution in [3.63, 3.8) is 0 Å². The fraction of sp³-hybridized carbons (Fsp3) is 0.917. The highest BCUT2D eigenvalue weighted by Gasteiger charge is 2.31. The number of carbonyl (C=O) groups excluding carboxylic acids is 1. The molecule has 0 spiro atoms. The molecule has 0 bridgehead atoms. The summed E-state index contributed by atoms with van der Waals surface area (Å²) in [6.07, 6.45) is 5.42. The van der Waals surface area contributed by atoms with Gasteiger partial charge in [-0.1, -0.05) is 0 Å². The largest absolute Gasteiger partial charge is 0.381 e. The van der Waals surface area contributed by atoms with Gasteiger partial charge in [-0.2, -0.15) is 11.8 Å². The predicted molar refractivity (Wildman–Crippen MR) is 72.2 cm³/mol. The zero-order valence-electron chi connectivity index (χ0n) is 10.8. The van der Waals surface area contributed by atoms with Crippen molar-refractivity contribution in [2.24, 2.45) is 5.73 Å². The van der Waals surface area contributed by atoms with E-state index < -0.39 is 0 Å². The SMILES string of the molecule is CSC1(CNC(=O)CCC(C)N)CCOCC1. The number of ether oxygens (including phenoxy) is 1. The molecular formula is C12H24N2O2S. The second-order valence-corrected chi connectivity index (χ2v) is 6.07. The first kappa shape index (κ1) is 14.8. The molecule has 0 aromatic heterocycles. The van der Waals surface area contributed by atoms with Crippen LogP contribution in [-0.4, -0.2) is 42.7 Å². The molecule has 1 rings (SSSR count). The minimum atomic E-state index is 0.0957. The van der Waals surface area contributed by atoms with Crippen molar-refractivity contribution in [2.45, 2.75) is 43.4 Å². The van der Waals surface area contributed by atoms with Crippen molar-refractivity contribution in [3.05, 3.63) is 0 Å². The summed E-state index contributed by atoms with van der Waals surface area (Å²) in [6.45, 7) is 4.28. The van der Waals surface area contributed by atoms with E-state index in [2.05, 4.69) is 11.6 Å². The van der Waals surface area contributed by atoms with Crippen LogP contribution in [0.15, 0.2) is 0 Å². The van der Waals surface area contributed by atoms with E-state index in [0.717, 1.165) is 39.0 Å². The molecule has 0 radical (unpaired) electrons. The molecule has 1 heterocycles. The molecule has 0 aliphatic carbocycles. The molecule has 1 atom stereocenters. The predicted octanol–water partition coefficient (Wildman–Crippen LogP) is 1.14. The number of rotatable bonds is 6. The first-order valence-corrected chi connectivity index (χ1v) is 7.46. The number of nitrogens with two attached hydrogens (primary N) is 1. The second kappa shape index (κ2) is 7.24. The number of hydrogen-bond donors (Lipinski definition) is 2. The highest BCUT2D eigenvalue weighted by molar-refractivity contribution is 8.00. The van der Waals surface area contributed by atoms with Crippen LogP contribution < -0.4 is 11.1 Å². The van der Waals surface area contributed by atoms with Gasteiger partial charge in [0.05, 0.1) is 0 Å². The van der Waals surface area contributed by atoms with Crippen LogP contribution in [0.1, 0.15) is 32.6 Å². The van der Waals surface area contributed by atoms with Gasteiger partial charge in [0, 0.05) is 37.0 Å². The monoisotopic (exact) mass is 260 g/mol. The molecule has 4 nitrogen and oxygen atoms in total. The number of thioether (sulfide) groups is 1. The van der Waals surface area contributed by atoms with Crippen molar-refractivity contribution < 1.29 is 9.53 Å². The van der Waals surface area contributed by atoms with Crippen LogP contribution in [0.25, 0.3) is 0 Å². The molecule has 1 saturated heterocycles. The molecule has 100 valence electrons. The minimum absolute atomic E-state index is 0.0957. The third kappa shape index (κ3) is 5.27. The number of nitrogens with one attached hydrogen (secondary N) is 1. The van der Waals surface area contributed by atoms with E-state index in [1.807, 2.05) is 18.7 Å². The van der Waals surface area contributed by atoms with Crippen LogP contribution in [0.4, 0.5) is 0 Å². The van der Waals surface area contributed by atoms with Gasteiger partial charge < -0.3 is 15.8 Å². The maximum absolute atomic E-state index is 11.6. The summed E-state index contributed by atoms with van der Waals surface area (Å²) in [5.74, 6) is 0.113. The van der Waals surface area contributed by atoms with Crippen molar-refractivity contribution in [3.8, 4) is 0 Å². The summed E-state index contributed by atoms with van der Waals surface area (Å²) in [7, 11) is 0. The molecule has 17 heavy (non-hydrogen) atoms. The average Bonchev–Trinajstić information content (AvgIpc) is 2.35. The first-order chi connectivity index (χ1) is 8.08. The second-order valence-electron chi connectivity index (χ2n) is 4.79. The molecule has 5 heteroatoms. The maximum Gasteiger partial charge on any atom is 0.220 e. The van der Waals surface area contributed by atoms with E-state index in [1.54, 1.807) is 0 Å². The van der Waals surface area contributed by atoms with E-state index in [-0.39, 0.29) is 16.7 Å². The van der Waals surface area contributed by atoms with Gasteiger partial charge in [0.25, 0.3) is 0 Å². The molecule has 0 saturated carbocycles. The third-order valence-electron chi connectivity index (χ3n) is 3.27. The van der Waals surface area contributed by atoms with Crippen LogP contribution in [0, 0.1) is 0 Å². The standard InChI is InChI=1S/C12H24N2O2S/c1-10(13)3-4-11(15)14-9-12(17-2)5-7-16-8-6-12/h10H,3-9,13H2,1-2H3,(H,14,15). The van der Waals surface area contributed by atoms with Crippen LogP contribution in [0.5, 0.6) is 0 Å². The lowest BCUT2D eigenvalue weighted by Gasteiger charge is -2.35. The summed E-state index contributed by atoms with van der Waals surface area (Å²) < 4.78 is 5.54. The molecule has 1 aliphatic heterocycles. The van der Waals surface area contributed by atoms with Crippen molar-refractivity contribution in [2.75, 3.05) is 26.0 Å². The lowest BCUT2D eigenvalue weighted by atomic mass is 9.99. The molecule has 1 fully saturated rings. The van der Waals surface area contributed by atoms with Gasteiger partial charge in [-0.15, -0.1) is 0 Å². The van der Waals surface area contributed by atoms with Gasteiger partial charge in [-0.05, 0) is 32.4 Å². The molecule has 1 amide bonds. The molecule has 0 aromatic carbocycles. The number of hydrogen-bond acceptors (Lipinski definition) is 4. The Morgan fingerprint density at radius 2 is 2.18 bits per heavy atom. The van der Waals surface area contributed by atoms with Crippen molar-refractivity contribution in [1.29, 1.82) is 0 Å². The Bertz CT molecular complexity index is 241. The number of carbonyl (C=O) groups is 1. The lowest BCUT2D eigenvalue weighted by molar-refractivity contribution is -0.121. The number of amides is 1. The summed E-state index contributed by atoms with van der Waals surface area (Å²) in [6, 6.07) is 0.0957. The zero-order valence-corrected chi connectivity index (χ0v) is 11.6. The maximum atomic E-state index is 11.6. The van der Waals surface area contributed by atoms with Crippen LogP contribution in [0.3, 0.4) is 0 Å². The quantitative estimate of drug-likeness (QED) is 0.752. The Labute approximate surface area is 108 Å². The van der Waals surface area contributed by atoms with Crippen molar-refractivity contribution >= 4 is 17.7 Å². The van der Waals surface area contributed by atoms with E-state index in [0.29, 0.717) is 6.42 Å². The van der Waals surface area contributed by atoms with Gasteiger partial charge in [0.2, 0.25) is 5.91 Å². The van der Waals surface area contributed by atoms with Crippen LogP contribution in [0.2, 0.25) is 0 Å². The van der Waals surface area contributed by atoms with Gasteiger partial charge >= 0.3 is 0 Å². The summed E-state index contributed by atoms with van der Waals surface area (Å²) in [4.78, 5) is 11.6. The topological polar surface area (TPSA) is 64.4 Å². The fourth-order valence-corrected chi connectivity index (χ4v) is 2.69. The Morgan fingerprint density at radius 1 is 1.53 bits per heavy atom. The van der Waals surface area contributed by atoms with Gasteiger partial charge in [-0.3, -0.25) is 4.79 Å². The summed E-state index contributed by atoms with van der Waals surface area (Å²) >= 11 is 1.84. The normalized spacial score (nSPS) is 20.9. The van der Waals surface area contributed by atoms with E-state index in [1.165, 1.54) is 0 Å². The van der Waals surface area contributed by atoms with Gasteiger partial charge in [0.1, 0.15) is 0 Å². The lowest BCUT2D eigenvalue weighted by Crippen LogP contribution is -2.44.